The molecule has 0 spiro atoms. The van der Waals surface area contributed by atoms with Gasteiger partial charge in [0.05, 0.1) is 16.9 Å². The minimum atomic E-state index is 0.0625. The van der Waals surface area contributed by atoms with Gasteiger partial charge >= 0.3 is 0 Å². The molecule has 0 atom stereocenters. The Hall–Kier alpha value is -3.41. The van der Waals surface area contributed by atoms with Crippen molar-refractivity contribution in [3.05, 3.63) is 48.0 Å². The quantitative estimate of drug-likeness (QED) is 0.500. The van der Waals surface area contributed by atoms with Crippen LogP contribution in [0.15, 0.2) is 42.5 Å². The van der Waals surface area contributed by atoms with Gasteiger partial charge in [-0.05, 0) is 48.9 Å². The van der Waals surface area contributed by atoms with Gasteiger partial charge in [0.1, 0.15) is 5.75 Å². The molecule has 0 radical (unpaired) electrons. The van der Waals surface area contributed by atoms with Gasteiger partial charge in [0.15, 0.2) is 0 Å². The number of anilines is 2. The average Bonchev–Trinajstić information content (AvgIpc) is 3.07. The zero-order chi connectivity index (χ0) is 18.3. The van der Waals surface area contributed by atoms with E-state index in [-0.39, 0.29) is 11.7 Å². The predicted octanol–water partition coefficient (Wildman–Crippen LogP) is 3.31. The molecule has 6 heteroatoms. The number of aromatic nitrogens is 1. The van der Waals surface area contributed by atoms with E-state index in [9.17, 15) is 9.90 Å². The fraction of sp³-hybridized carbons (Fsp3) is 0.150. The number of hydrogen-bond acceptors (Lipinski definition) is 5. The Bertz CT molecular complexity index is 1030. The van der Waals surface area contributed by atoms with E-state index in [1.165, 1.54) is 6.21 Å². The minimum absolute atomic E-state index is 0.0625. The van der Waals surface area contributed by atoms with E-state index in [2.05, 4.69) is 0 Å². The normalized spacial score (nSPS) is 14.2. The van der Waals surface area contributed by atoms with Crippen LogP contribution in [-0.4, -0.2) is 28.8 Å². The molecule has 1 fully saturated rings. The maximum absolute atomic E-state index is 12.4. The second-order valence-corrected chi connectivity index (χ2v) is 6.33. The van der Waals surface area contributed by atoms with E-state index in [0.29, 0.717) is 35.4 Å². The van der Waals surface area contributed by atoms with E-state index in [1.807, 2.05) is 12.1 Å². The molecule has 1 aliphatic rings. The number of hydrogen-bond donors (Lipinski definition) is 3. The molecule has 4 rings (SSSR count). The Labute approximate surface area is 150 Å². The van der Waals surface area contributed by atoms with Crippen molar-refractivity contribution in [2.75, 3.05) is 17.2 Å². The van der Waals surface area contributed by atoms with Crippen molar-refractivity contribution in [3.8, 4) is 17.0 Å². The molecule has 1 saturated heterocycles. The first kappa shape index (κ1) is 16.1. The summed E-state index contributed by atoms with van der Waals surface area (Å²) in [4.78, 5) is 18.8. The number of nitrogens with one attached hydrogen (secondary N) is 1. The van der Waals surface area contributed by atoms with Gasteiger partial charge in [-0.3, -0.25) is 4.79 Å². The molecule has 26 heavy (non-hydrogen) atoms. The van der Waals surface area contributed by atoms with Gasteiger partial charge < -0.3 is 21.1 Å². The van der Waals surface area contributed by atoms with Crippen LogP contribution in [0.2, 0.25) is 0 Å². The van der Waals surface area contributed by atoms with Crippen molar-refractivity contribution in [1.82, 2.24) is 4.98 Å². The number of fused-ring (bicyclic) bond motifs is 1. The molecule has 0 unspecified atom stereocenters. The number of nitrogens with zero attached hydrogens (tertiary/aromatic N) is 2. The second kappa shape index (κ2) is 6.15. The lowest BCUT2D eigenvalue weighted by atomic mass is 10.0. The molecule has 3 aromatic rings. The molecular formula is C20H18N4O2. The van der Waals surface area contributed by atoms with Gasteiger partial charge in [-0.2, -0.15) is 0 Å². The number of pyridine rings is 1. The average molecular weight is 346 g/mol. The highest BCUT2D eigenvalue weighted by Crippen LogP contribution is 2.36. The Morgan fingerprint density at radius 3 is 2.62 bits per heavy atom. The van der Waals surface area contributed by atoms with Crippen molar-refractivity contribution in [2.45, 2.75) is 12.8 Å². The zero-order valence-corrected chi connectivity index (χ0v) is 14.1. The molecule has 0 saturated carbocycles. The van der Waals surface area contributed by atoms with Gasteiger partial charge in [0, 0.05) is 41.4 Å². The third kappa shape index (κ3) is 2.56. The topological polar surface area (TPSA) is 103 Å². The maximum atomic E-state index is 12.4. The van der Waals surface area contributed by atoms with Crippen LogP contribution in [0.1, 0.15) is 18.4 Å². The van der Waals surface area contributed by atoms with Crippen LogP contribution >= 0.6 is 0 Å². The number of carbonyl (C=O) groups is 1. The first-order valence-corrected chi connectivity index (χ1v) is 8.42. The summed E-state index contributed by atoms with van der Waals surface area (Å²) in [5.74, 6) is 0.246. The highest BCUT2D eigenvalue weighted by molar-refractivity contribution is 6.13. The molecule has 2 aromatic carbocycles. The molecule has 0 bridgehead atoms. The summed E-state index contributed by atoms with van der Waals surface area (Å²) < 4.78 is 0. The van der Waals surface area contributed by atoms with E-state index < -0.39 is 0 Å². The number of aromatic hydroxyl groups is 1. The van der Waals surface area contributed by atoms with E-state index in [4.69, 9.17) is 16.1 Å². The number of carbonyl (C=O) groups excluding carboxylic acids is 1. The summed E-state index contributed by atoms with van der Waals surface area (Å²) >= 11 is 0. The van der Waals surface area contributed by atoms with Crippen LogP contribution in [0.25, 0.3) is 22.2 Å². The summed E-state index contributed by atoms with van der Waals surface area (Å²) in [5, 5.41) is 18.0. The maximum Gasteiger partial charge on any atom is 0.227 e. The summed E-state index contributed by atoms with van der Waals surface area (Å²) in [5.41, 5.74) is 10.1. The van der Waals surface area contributed by atoms with Crippen LogP contribution in [0.3, 0.4) is 0 Å². The summed E-state index contributed by atoms with van der Waals surface area (Å²) in [6.45, 7) is 0.638. The zero-order valence-electron chi connectivity index (χ0n) is 14.1. The monoisotopic (exact) mass is 346 g/mol. The lowest BCUT2D eigenvalue weighted by molar-refractivity contribution is -0.117. The standard InChI is InChI=1S/C20H18N4O2/c21-11-14-15(22)7-8-16-20(14)18(24-9-1-2-19(24)26)10-17(23-16)12-3-5-13(25)6-4-12/h3-8,10-11,21,25H,1-2,9,22H2. The third-order valence-corrected chi connectivity index (χ3v) is 4.70. The molecule has 2 heterocycles. The molecule has 130 valence electrons. The van der Waals surface area contributed by atoms with Crippen LogP contribution in [0.4, 0.5) is 11.4 Å². The SMILES string of the molecule is N=Cc1c(N)ccc2nc(-c3ccc(O)cc3)cc(N3CCCC3=O)c12. The summed E-state index contributed by atoms with van der Waals surface area (Å²) in [6.07, 6.45) is 2.53. The second-order valence-electron chi connectivity index (χ2n) is 6.33. The van der Waals surface area contributed by atoms with Gasteiger partial charge in [-0.1, -0.05) is 0 Å². The predicted molar refractivity (Wildman–Crippen MR) is 103 cm³/mol. The Morgan fingerprint density at radius 2 is 1.96 bits per heavy atom. The Morgan fingerprint density at radius 1 is 1.19 bits per heavy atom. The highest BCUT2D eigenvalue weighted by atomic mass is 16.3. The van der Waals surface area contributed by atoms with Crippen LogP contribution in [0.5, 0.6) is 5.75 Å². The Balaban J connectivity index is 2.02. The molecule has 0 aliphatic carbocycles. The number of nitrogen functional groups attached to an aromatic ring is 1. The van der Waals surface area contributed by atoms with Crippen LogP contribution in [0, 0.1) is 5.41 Å². The highest BCUT2D eigenvalue weighted by Gasteiger charge is 2.25. The van der Waals surface area contributed by atoms with Crippen LogP contribution in [-0.2, 0) is 4.79 Å². The molecule has 6 nitrogen and oxygen atoms in total. The molecule has 1 aliphatic heterocycles. The molecular weight excluding hydrogens is 328 g/mol. The summed E-state index contributed by atoms with van der Waals surface area (Å²) in [6, 6.07) is 12.2. The molecule has 1 aromatic heterocycles. The van der Waals surface area contributed by atoms with Crippen molar-refractivity contribution < 1.29 is 9.90 Å². The summed E-state index contributed by atoms with van der Waals surface area (Å²) in [7, 11) is 0. The van der Waals surface area contributed by atoms with Crippen molar-refractivity contribution in [3.63, 3.8) is 0 Å². The van der Waals surface area contributed by atoms with Crippen molar-refractivity contribution in [1.29, 1.82) is 5.41 Å². The lowest BCUT2D eigenvalue weighted by Gasteiger charge is -2.21. The van der Waals surface area contributed by atoms with Crippen LogP contribution < -0.4 is 10.6 Å². The molecule has 1 amide bonds. The van der Waals surface area contributed by atoms with E-state index in [1.54, 1.807) is 35.2 Å². The number of nitrogens with two attached hydrogens (primary N) is 1. The van der Waals surface area contributed by atoms with Gasteiger partial charge in [-0.25, -0.2) is 4.98 Å². The van der Waals surface area contributed by atoms with Crippen molar-refractivity contribution in [2.24, 2.45) is 0 Å². The largest absolute Gasteiger partial charge is 0.508 e. The van der Waals surface area contributed by atoms with Gasteiger partial charge in [0.25, 0.3) is 0 Å². The number of phenolic OH excluding ortho intramolecular Hbond substituents is 1. The van der Waals surface area contributed by atoms with Gasteiger partial charge in [-0.15, -0.1) is 0 Å². The fourth-order valence-corrected chi connectivity index (χ4v) is 3.40. The third-order valence-electron chi connectivity index (χ3n) is 4.70. The Kier molecular flexibility index (Phi) is 3.80. The smallest absolute Gasteiger partial charge is 0.227 e. The fourth-order valence-electron chi connectivity index (χ4n) is 3.40. The van der Waals surface area contributed by atoms with Crippen molar-refractivity contribution >= 4 is 34.4 Å². The number of phenols is 1. The molecule has 4 N–H and O–H groups in total. The van der Waals surface area contributed by atoms with E-state index in [0.717, 1.165) is 23.1 Å². The minimum Gasteiger partial charge on any atom is -0.508 e. The lowest BCUT2D eigenvalue weighted by Crippen LogP contribution is -2.24. The van der Waals surface area contributed by atoms with E-state index >= 15 is 0 Å². The number of benzene rings is 2. The first-order valence-electron chi connectivity index (χ1n) is 8.42. The number of amides is 1. The van der Waals surface area contributed by atoms with Gasteiger partial charge in [0.2, 0.25) is 5.91 Å². The first-order chi connectivity index (χ1) is 12.6. The number of rotatable bonds is 3.